The topological polar surface area (TPSA) is 30.5 Å². The number of rotatable bonds is 5. The molecule has 0 saturated carbocycles. The maximum atomic E-state index is 5.65. The van der Waals surface area contributed by atoms with Gasteiger partial charge in [-0.3, -0.25) is 0 Å². The molecule has 1 aliphatic rings. The van der Waals surface area contributed by atoms with Gasteiger partial charge in [0.25, 0.3) is 0 Å². The van der Waals surface area contributed by atoms with E-state index in [1.54, 1.807) is 0 Å². The van der Waals surface area contributed by atoms with Crippen molar-refractivity contribution in [2.24, 2.45) is 0 Å². The van der Waals surface area contributed by atoms with Crippen LogP contribution in [0.5, 0.6) is 0 Å². The molecule has 2 unspecified atom stereocenters. The molecule has 0 aromatic rings. The molecule has 0 amide bonds. The van der Waals surface area contributed by atoms with E-state index in [0.717, 1.165) is 26.1 Å². The highest BCUT2D eigenvalue weighted by Gasteiger charge is 2.23. The van der Waals surface area contributed by atoms with Gasteiger partial charge in [-0.15, -0.1) is 6.58 Å². The van der Waals surface area contributed by atoms with Crippen molar-refractivity contribution in [2.45, 2.75) is 31.9 Å². The number of allylic oxidation sites excluding steroid dienone is 1. The normalized spacial score (nSPS) is 24.6. The van der Waals surface area contributed by atoms with E-state index >= 15 is 0 Å². The molecule has 0 bridgehead atoms. The maximum Gasteiger partial charge on any atom is 0.0962 e. The summed E-state index contributed by atoms with van der Waals surface area (Å²) in [5.74, 6) is 0. The van der Waals surface area contributed by atoms with E-state index in [-0.39, 0.29) is 6.10 Å². The molecule has 1 rings (SSSR count). The highest BCUT2D eigenvalue weighted by Crippen LogP contribution is 2.12. The Morgan fingerprint density at radius 1 is 1.57 bits per heavy atom. The molecule has 2 atom stereocenters. The lowest BCUT2D eigenvalue weighted by Gasteiger charge is -2.30. The lowest BCUT2D eigenvalue weighted by atomic mass is 10.0. The van der Waals surface area contributed by atoms with E-state index in [1.807, 2.05) is 7.05 Å². The summed E-state index contributed by atoms with van der Waals surface area (Å²) in [4.78, 5) is 0. The van der Waals surface area contributed by atoms with Crippen LogP contribution in [0.25, 0.3) is 0 Å². The molecular formula is C11H21NO2. The lowest BCUT2D eigenvalue weighted by molar-refractivity contribution is -0.101. The molecule has 1 aliphatic heterocycles. The number of nitrogens with one attached hydrogen (secondary N) is 1. The summed E-state index contributed by atoms with van der Waals surface area (Å²) in [5.41, 5.74) is 1.22. The van der Waals surface area contributed by atoms with Gasteiger partial charge in [0.05, 0.1) is 25.9 Å². The number of hydrogen-bond acceptors (Lipinski definition) is 3. The molecule has 14 heavy (non-hydrogen) atoms. The van der Waals surface area contributed by atoms with E-state index in [0.29, 0.717) is 12.6 Å². The number of likely N-dealkylation sites (N-methyl/N-ethyl adjacent to an activating group) is 1. The van der Waals surface area contributed by atoms with Crippen molar-refractivity contribution in [1.82, 2.24) is 5.32 Å². The summed E-state index contributed by atoms with van der Waals surface area (Å²) in [6.45, 7) is 8.12. The van der Waals surface area contributed by atoms with Crippen molar-refractivity contribution in [1.29, 1.82) is 0 Å². The fourth-order valence-electron chi connectivity index (χ4n) is 1.66. The third-order valence-electron chi connectivity index (χ3n) is 2.54. The molecule has 1 heterocycles. The zero-order valence-electron chi connectivity index (χ0n) is 9.21. The monoisotopic (exact) mass is 199 g/mol. The third-order valence-corrected chi connectivity index (χ3v) is 2.54. The van der Waals surface area contributed by atoms with Gasteiger partial charge >= 0.3 is 0 Å². The van der Waals surface area contributed by atoms with Gasteiger partial charge < -0.3 is 14.8 Å². The lowest BCUT2D eigenvalue weighted by Crippen LogP contribution is -2.45. The van der Waals surface area contributed by atoms with Gasteiger partial charge in [0.1, 0.15) is 0 Å². The highest BCUT2D eigenvalue weighted by molar-refractivity contribution is 4.90. The van der Waals surface area contributed by atoms with Crippen LogP contribution < -0.4 is 5.32 Å². The Balaban J connectivity index is 2.31. The summed E-state index contributed by atoms with van der Waals surface area (Å²) >= 11 is 0. The van der Waals surface area contributed by atoms with Gasteiger partial charge in [-0.1, -0.05) is 5.57 Å². The van der Waals surface area contributed by atoms with Gasteiger partial charge in [0, 0.05) is 6.04 Å². The van der Waals surface area contributed by atoms with Crippen molar-refractivity contribution in [3.05, 3.63) is 12.2 Å². The number of ether oxygens (including phenoxy) is 2. The van der Waals surface area contributed by atoms with Gasteiger partial charge in [0.15, 0.2) is 0 Å². The molecule has 0 radical (unpaired) electrons. The van der Waals surface area contributed by atoms with Crippen LogP contribution in [0.15, 0.2) is 12.2 Å². The smallest absolute Gasteiger partial charge is 0.0962 e. The molecule has 0 aliphatic carbocycles. The fraction of sp³-hybridized carbons (Fsp3) is 0.818. The standard InChI is InChI=1S/C11H21NO2/c1-9(2)4-5-10(12-3)11-8-13-6-7-14-11/h10-12H,1,4-8H2,2-3H3. The Morgan fingerprint density at radius 2 is 2.36 bits per heavy atom. The second-order valence-corrected chi connectivity index (χ2v) is 3.88. The van der Waals surface area contributed by atoms with Crippen LogP contribution in [0.3, 0.4) is 0 Å². The Labute approximate surface area is 86.5 Å². The predicted octanol–water partition coefficient (Wildman–Crippen LogP) is 1.35. The molecule has 1 N–H and O–H groups in total. The Hall–Kier alpha value is -0.380. The summed E-state index contributed by atoms with van der Waals surface area (Å²) in [6, 6.07) is 0.381. The zero-order chi connectivity index (χ0) is 10.4. The number of hydrogen-bond donors (Lipinski definition) is 1. The first kappa shape index (κ1) is 11.7. The van der Waals surface area contributed by atoms with E-state index in [2.05, 4.69) is 18.8 Å². The maximum absolute atomic E-state index is 5.65. The zero-order valence-corrected chi connectivity index (χ0v) is 9.21. The highest BCUT2D eigenvalue weighted by atomic mass is 16.6. The Morgan fingerprint density at radius 3 is 2.86 bits per heavy atom. The van der Waals surface area contributed by atoms with Crippen LogP contribution in [0.4, 0.5) is 0 Å². The Kier molecular flexibility index (Phi) is 5.15. The van der Waals surface area contributed by atoms with E-state index in [1.165, 1.54) is 5.57 Å². The SMILES string of the molecule is C=C(C)CCC(NC)C1COCCO1. The van der Waals surface area contributed by atoms with Crippen molar-refractivity contribution >= 4 is 0 Å². The minimum Gasteiger partial charge on any atom is -0.376 e. The largest absolute Gasteiger partial charge is 0.376 e. The van der Waals surface area contributed by atoms with Crippen molar-refractivity contribution in [2.75, 3.05) is 26.9 Å². The molecule has 3 nitrogen and oxygen atoms in total. The Bertz CT molecular complexity index is 176. The summed E-state index contributed by atoms with van der Waals surface area (Å²) in [5, 5.41) is 3.28. The quantitative estimate of drug-likeness (QED) is 0.678. The van der Waals surface area contributed by atoms with Crippen molar-refractivity contribution in [3.63, 3.8) is 0 Å². The third kappa shape index (κ3) is 3.78. The molecule has 82 valence electrons. The van der Waals surface area contributed by atoms with Gasteiger partial charge in [0.2, 0.25) is 0 Å². The van der Waals surface area contributed by atoms with Gasteiger partial charge in [-0.05, 0) is 26.8 Å². The minimum absolute atomic E-state index is 0.202. The van der Waals surface area contributed by atoms with Crippen LogP contribution in [0.1, 0.15) is 19.8 Å². The fourth-order valence-corrected chi connectivity index (χ4v) is 1.66. The first-order valence-corrected chi connectivity index (χ1v) is 5.25. The van der Waals surface area contributed by atoms with Crippen molar-refractivity contribution in [3.8, 4) is 0 Å². The molecule has 1 saturated heterocycles. The average molecular weight is 199 g/mol. The van der Waals surface area contributed by atoms with Crippen LogP contribution in [0, 0.1) is 0 Å². The first-order valence-electron chi connectivity index (χ1n) is 5.25. The van der Waals surface area contributed by atoms with Crippen LogP contribution in [0.2, 0.25) is 0 Å². The summed E-state index contributed by atoms with van der Waals surface area (Å²) in [6.07, 6.45) is 2.32. The summed E-state index contributed by atoms with van der Waals surface area (Å²) in [7, 11) is 1.97. The van der Waals surface area contributed by atoms with E-state index in [4.69, 9.17) is 9.47 Å². The molecule has 0 spiro atoms. The van der Waals surface area contributed by atoms with E-state index < -0.39 is 0 Å². The van der Waals surface area contributed by atoms with Gasteiger partial charge in [-0.25, -0.2) is 0 Å². The second kappa shape index (κ2) is 6.17. The van der Waals surface area contributed by atoms with Crippen LogP contribution in [-0.2, 0) is 9.47 Å². The molecule has 3 heteroatoms. The van der Waals surface area contributed by atoms with Crippen molar-refractivity contribution < 1.29 is 9.47 Å². The summed E-state index contributed by atoms with van der Waals surface area (Å²) < 4.78 is 11.0. The first-order chi connectivity index (χ1) is 6.74. The minimum atomic E-state index is 0.202. The molecule has 1 fully saturated rings. The molecule has 0 aromatic heterocycles. The predicted molar refractivity (Wildman–Crippen MR) is 57.5 cm³/mol. The van der Waals surface area contributed by atoms with Crippen LogP contribution in [-0.4, -0.2) is 39.0 Å². The van der Waals surface area contributed by atoms with Gasteiger partial charge in [-0.2, -0.15) is 0 Å². The average Bonchev–Trinajstić information content (AvgIpc) is 2.20. The van der Waals surface area contributed by atoms with Crippen LogP contribution >= 0.6 is 0 Å². The second-order valence-electron chi connectivity index (χ2n) is 3.88. The molecular weight excluding hydrogens is 178 g/mol. The molecule has 0 aromatic carbocycles. The van der Waals surface area contributed by atoms with E-state index in [9.17, 15) is 0 Å².